The second kappa shape index (κ2) is 52.3. The summed E-state index contributed by atoms with van der Waals surface area (Å²) in [6.45, 7) is 54.2. The molecule has 564 valence electrons. The lowest BCUT2D eigenvalue weighted by atomic mass is 10.0. The predicted octanol–water partition coefficient (Wildman–Crippen LogP) is 28.4. The molecule has 103 heavy (non-hydrogen) atoms. The van der Waals surface area contributed by atoms with Crippen LogP contribution in [0.2, 0.25) is 5.15 Å². The van der Waals surface area contributed by atoms with Gasteiger partial charge in [0.15, 0.2) is 5.65 Å². The minimum atomic E-state index is -0.0660. The van der Waals surface area contributed by atoms with Crippen molar-refractivity contribution < 1.29 is 9.13 Å². The van der Waals surface area contributed by atoms with Gasteiger partial charge in [0, 0.05) is 11.9 Å². The molecule has 7 heteroatoms. The predicted molar refractivity (Wildman–Crippen MR) is 454 cm³/mol. The minimum Gasteiger partial charge on any atom is -0.497 e. The van der Waals surface area contributed by atoms with Crippen molar-refractivity contribution in [1.82, 2.24) is 19.6 Å². The van der Waals surface area contributed by atoms with Crippen molar-refractivity contribution in [2.75, 3.05) is 7.11 Å². The number of aromatic nitrogens is 4. The normalized spacial score (nSPS) is 10.4. The van der Waals surface area contributed by atoms with Gasteiger partial charge in [-0.3, -0.25) is 4.98 Å². The Hall–Kier alpha value is -7.67. The SMILES string of the molecule is C.C.CC(C)Cc1ccccn1.COc1cccc(C(C)C)c1.Cc1ccc(C(C)C)cc1.Cc1ccc(C(C)C)cc1.Cc1ccc(CC(C)C)c(F)c1.Cc1ccc(CC(C)C)cc1.Cc1ccc(CC(C)C)cc1.Cc1ccc(CC(C)C)cc1.Cc1nc2ccc(Cl)nn2c1CC(C)C. The highest BCUT2D eigenvalue weighted by Crippen LogP contribution is 2.22. The minimum absolute atomic E-state index is 0. The molecule has 0 unspecified atom stereocenters. The average Bonchev–Trinajstić information content (AvgIpc) is 1.66. The summed E-state index contributed by atoms with van der Waals surface area (Å²) in [6.07, 6.45) is 8.31. The summed E-state index contributed by atoms with van der Waals surface area (Å²) in [4.78, 5) is 8.67. The van der Waals surface area contributed by atoms with E-state index in [4.69, 9.17) is 16.3 Å². The Morgan fingerprint density at radius 1 is 0.379 bits per heavy atom. The lowest BCUT2D eigenvalue weighted by Gasteiger charge is -2.06. The van der Waals surface area contributed by atoms with Crippen molar-refractivity contribution in [2.45, 2.75) is 244 Å². The summed E-state index contributed by atoms with van der Waals surface area (Å²) in [6, 6.07) is 67.1. The van der Waals surface area contributed by atoms with Crippen LogP contribution in [0.25, 0.3) is 5.65 Å². The van der Waals surface area contributed by atoms with Gasteiger partial charge in [-0.1, -0.05) is 331 Å². The van der Waals surface area contributed by atoms with Crippen molar-refractivity contribution in [1.29, 1.82) is 0 Å². The van der Waals surface area contributed by atoms with Crippen molar-refractivity contribution in [3.8, 4) is 5.75 Å². The topological polar surface area (TPSA) is 52.3 Å². The fourth-order valence-corrected chi connectivity index (χ4v) is 10.5. The molecule has 10 rings (SSSR count). The van der Waals surface area contributed by atoms with E-state index in [0.717, 1.165) is 70.9 Å². The van der Waals surface area contributed by atoms with Crippen LogP contribution in [0.4, 0.5) is 4.39 Å². The molecule has 3 heterocycles. The second-order valence-corrected chi connectivity index (χ2v) is 31.0. The first-order chi connectivity index (χ1) is 47.6. The number of fused-ring (bicyclic) bond motifs is 1. The number of nitrogens with zero attached hydrogens (tertiary/aromatic N) is 4. The van der Waals surface area contributed by atoms with Crippen LogP contribution >= 0.6 is 11.6 Å². The molecule has 0 spiro atoms. The molecule has 10 aromatic rings. The number of halogens is 2. The zero-order chi connectivity index (χ0) is 75.7. The van der Waals surface area contributed by atoms with E-state index >= 15 is 0 Å². The van der Waals surface area contributed by atoms with Gasteiger partial charge in [-0.15, -0.1) is 0 Å². The number of hydrogen-bond acceptors (Lipinski definition) is 4. The van der Waals surface area contributed by atoms with Crippen LogP contribution < -0.4 is 4.74 Å². The van der Waals surface area contributed by atoms with Crippen LogP contribution in [-0.4, -0.2) is 26.7 Å². The van der Waals surface area contributed by atoms with Crippen LogP contribution in [0.15, 0.2) is 200 Å². The monoisotopic (exact) mass is 1420 g/mol. The Kier molecular flexibility index (Phi) is 48.4. The largest absolute Gasteiger partial charge is 0.497 e. The highest BCUT2D eigenvalue weighted by molar-refractivity contribution is 6.29. The zero-order valence-corrected chi connectivity index (χ0v) is 68.2. The lowest BCUT2D eigenvalue weighted by molar-refractivity contribution is 0.414. The third kappa shape index (κ3) is 43.3. The molecular formula is C96H140ClFN4O. The van der Waals surface area contributed by atoms with E-state index < -0.39 is 0 Å². The Bertz CT molecular complexity index is 3580. The van der Waals surface area contributed by atoms with E-state index in [1.54, 1.807) is 19.2 Å². The highest BCUT2D eigenvalue weighted by atomic mass is 35.5. The third-order valence-electron chi connectivity index (χ3n) is 16.1. The van der Waals surface area contributed by atoms with Gasteiger partial charge in [-0.05, 0) is 227 Å². The quantitative estimate of drug-likeness (QED) is 0.0967. The number of aryl methyl sites for hydroxylation is 7. The molecule has 7 aromatic carbocycles. The Morgan fingerprint density at radius 3 is 1.10 bits per heavy atom. The molecule has 5 nitrogen and oxygen atoms in total. The van der Waals surface area contributed by atoms with Gasteiger partial charge < -0.3 is 4.74 Å². The number of ether oxygens (including phenoxy) is 1. The fraction of sp³-hybridized carbons (Fsp3) is 0.448. The molecule has 0 fully saturated rings. The maximum absolute atomic E-state index is 13.2. The van der Waals surface area contributed by atoms with Gasteiger partial charge in [-0.2, -0.15) is 5.10 Å². The summed E-state index contributed by atoms with van der Waals surface area (Å²) in [5.74, 6) is 6.85. The standard InChI is InChI=1S/C11H14ClN3.C11H15F.3C11H16.C10H14O.2C10H14.C9H13N.2CH4/c1-7(2)6-9-8(3)13-11-5-4-10(12)14-15(9)11;1-8(2)6-10-5-4-9(3)7-11(10)12;3*1-9(2)8-11-6-4-10(3)5-7-11;1-8(2)9-5-4-6-10(7-9)11-3;2*1-8(2)10-6-4-9(3)5-7-10;1-8(2)7-9-5-3-4-6-10-9;;/h4-5,7H,6H2,1-3H3;4-5,7-8H,6H2,1-3H3;3*4-7,9H,8H2,1-3H3;4-8H,1-3H3;2*4-8H,1-3H3;3-6,8H,7H2,1-2H3;2*1H4. The Morgan fingerprint density at radius 2 is 0.757 bits per heavy atom. The molecule has 0 aliphatic rings. The number of pyridine rings is 1. The molecule has 0 N–H and O–H groups in total. The van der Waals surface area contributed by atoms with Crippen molar-refractivity contribution >= 4 is 17.2 Å². The van der Waals surface area contributed by atoms with Crippen LogP contribution in [0.3, 0.4) is 0 Å². The van der Waals surface area contributed by atoms with E-state index in [9.17, 15) is 4.39 Å². The molecule has 0 saturated heterocycles. The van der Waals surface area contributed by atoms with Gasteiger partial charge in [0.25, 0.3) is 0 Å². The van der Waals surface area contributed by atoms with Crippen molar-refractivity contribution in [3.05, 3.63) is 301 Å². The smallest absolute Gasteiger partial charge is 0.154 e. The molecule has 0 radical (unpaired) electrons. The molecular weight excluding hydrogens is 1280 g/mol. The first kappa shape index (κ1) is 95.3. The molecule has 0 atom stereocenters. The summed E-state index contributed by atoms with van der Waals surface area (Å²) >= 11 is 5.88. The Balaban J connectivity index is 0.00000114. The van der Waals surface area contributed by atoms with E-state index in [1.807, 2.05) is 67.0 Å². The van der Waals surface area contributed by atoms with Crippen molar-refractivity contribution in [3.63, 3.8) is 0 Å². The molecule has 0 amide bonds. The van der Waals surface area contributed by atoms with Crippen LogP contribution in [0.5, 0.6) is 5.75 Å². The first-order valence-corrected chi connectivity index (χ1v) is 37.6. The number of benzene rings is 7. The molecule has 0 aliphatic heterocycles. The Labute approximate surface area is 635 Å². The zero-order valence-electron chi connectivity index (χ0n) is 67.4. The maximum Gasteiger partial charge on any atom is 0.154 e. The first-order valence-electron chi connectivity index (χ1n) is 37.2. The second-order valence-electron chi connectivity index (χ2n) is 30.6. The van der Waals surface area contributed by atoms with Gasteiger partial charge >= 0.3 is 0 Å². The number of rotatable bonds is 16. The van der Waals surface area contributed by atoms with E-state index in [-0.39, 0.29) is 20.7 Å². The maximum atomic E-state index is 13.2. The van der Waals surface area contributed by atoms with E-state index in [0.29, 0.717) is 40.7 Å². The van der Waals surface area contributed by atoms with Gasteiger partial charge in [-0.25, -0.2) is 13.9 Å². The number of imidazole rings is 1. The van der Waals surface area contributed by atoms with Crippen LogP contribution in [0, 0.1) is 89.8 Å². The average molecular weight is 1420 g/mol. The number of hydrogen-bond donors (Lipinski definition) is 0. The van der Waals surface area contributed by atoms with Gasteiger partial charge in [0.05, 0.1) is 18.5 Å². The van der Waals surface area contributed by atoms with Crippen LogP contribution in [0.1, 0.15) is 247 Å². The molecule has 0 saturated carbocycles. The van der Waals surface area contributed by atoms with Gasteiger partial charge in [0.1, 0.15) is 16.7 Å². The van der Waals surface area contributed by atoms with E-state index in [2.05, 4.69) is 314 Å². The summed E-state index contributed by atoms with van der Waals surface area (Å²) in [5, 5.41) is 4.77. The van der Waals surface area contributed by atoms with Crippen LogP contribution in [-0.2, 0) is 38.5 Å². The summed E-state index contributed by atoms with van der Waals surface area (Å²) in [7, 11) is 1.69. The van der Waals surface area contributed by atoms with Gasteiger partial charge in [0.2, 0.25) is 0 Å². The number of methoxy groups -OCH3 is 1. The molecule has 3 aromatic heterocycles. The summed E-state index contributed by atoms with van der Waals surface area (Å²) in [5.41, 5.74) is 21.3. The van der Waals surface area contributed by atoms with Crippen molar-refractivity contribution in [2.24, 2.45) is 35.5 Å². The lowest BCUT2D eigenvalue weighted by Crippen LogP contribution is -2.03. The highest BCUT2D eigenvalue weighted by Gasteiger charge is 2.12. The van der Waals surface area contributed by atoms with E-state index in [1.165, 1.54) is 86.2 Å². The third-order valence-corrected chi connectivity index (χ3v) is 16.3. The molecule has 0 bridgehead atoms. The summed E-state index contributed by atoms with van der Waals surface area (Å²) < 4.78 is 20.2. The molecule has 0 aliphatic carbocycles. The fourth-order valence-electron chi connectivity index (χ4n) is 10.4.